The van der Waals surface area contributed by atoms with Gasteiger partial charge in [-0.15, -0.1) is 0 Å². The van der Waals surface area contributed by atoms with Crippen LogP contribution in [-0.2, 0) is 27.1 Å². The first-order valence-electron chi connectivity index (χ1n) is 11.1. The molecule has 0 unspecified atom stereocenters. The highest BCUT2D eigenvalue weighted by Crippen LogP contribution is 2.44. The van der Waals surface area contributed by atoms with E-state index < -0.39 is 18.2 Å². The highest BCUT2D eigenvalue weighted by atomic mass is 35.5. The largest absolute Gasteiger partial charge is 0.416 e. The second-order valence-electron chi connectivity index (χ2n) is 9.68. The predicted molar refractivity (Wildman–Crippen MR) is 134 cm³/mol. The number of rotatable bonds is 11. The number of sulfone groups is 1. The van der Waals surface area contributed by atoms with Crippen molar-refractivity contribution in [3.63, 3.8) is 0 Å². The monoisotopic (exact) mass is 480 g/mol. The molecule has 0 spiro atoms. The van der Waals surface area contributed by atoms with Crippen LogP contribution < -0.4 is 0 Å². The number of benzene rings is 2. The molecule has 3 nitrogen and oxygen atoms in total. The van der Waals surface area contributed by atoms with Gasteiger partial charge in [-0.05, 0) is 78.7 Å². The summed E-state index contributed by atoms with van der Waals surface area (Å²) in [7, 11) is -5.06. The van der Waals surface area contributed by atoms with Crippen molar-refractivity contribution < 1.29 is 12.8 Å². The zero-order valence-electron chi connectivity index (χ0n) is 19.7. The van der Waals surface area contributed by atoms with E-state index in [1.807, 2.05) is 0 Å². The molecule has 0 aromatic heterocycles. The Balaban J connectivity index is 1.82. The van der Waals surface area contributed by atoms with Crippen LogP contribution in [0.4, 0.5) is 0 Å². The van der Waals surface area contributed by atoms with Crippen molar-refractivity contribution in [3.05, 3.63) is 64.7 Å². The van der Waals surface area contributed by atoms with Crippen molar-refractivity contribution in [2.75, 3.05) is 12.4 Å². The second-order valence-corrected chi connectivity index (χ2v) is 16.8. The lowest BCUT2D eigenvalue weighted by atomic mass is 9.99. The molecule has 0 aliphatic rings. The molecule has 0 aliphatic heterocycles. The Hall–Kier alpha value is -1.14. The first kappa shape index (κ1) is 26.1. The van der Waals surface area contributed by atoms with Crippen molar-refractivity contribution in [2.24, 2.45) is 5.92 Å². The van der Waals surface area contributed by atoms with Gasteiger partial charge >= 0.3 is 0 Å². The van der Waals surface area contributed by atoms with Gasteiger partial charge in [-0.1, -0.05) is 63.6 Å². The van der Waals surface area contributed by atoms with Crippen molar-refractivity contribution >= 4 is 29.8 Å². The summed E-state index contributed by atoms with van der Waals surface area (Å²) in [5.41, 5.74) is 2.41. The van der Waals surface area contributed by atoms with Crippen LogP contribution in [0.2, 0.25) is 23.2 Å². The molecule has 0 atom stereocenters. The Bertz CT molecular complexity index is 934. The molecule has 2 rings (SSSR count). The minimum atomic E-state index is -3.27. The van der Waals surface area contributed by atoms with E-state index in [0.29, 0.717) is 22.3 Å². The van der Waals surface area contributed by atoms with Gasteiger partial charge in [0.15, 0.2) is 18.2 Å². The first-order valence-corrected chi connectivity index (χ1v) is 16.0. The topological polar surface area (TPSA) is 43.4 Å². The lowest BCUT2D eigenvalue weighted by Gasteiger charge is -2.42. The van der Waals surface area contributed by atoms with Crippen LogP contribution >= 0.6 is 11.6 Å². The normalized spacial score (nSPS) is 13.0. The van der Waals surface area contributed by atoms with Crippen LogP contribution in [0.3, 0.4) is 0 Å². The molecule has 31 heavy (non-hydrogen) atoms. The van der Waals surface area contributed by atoms with Crippen LogP contribution in [0.15, 0.2) is 53.4 Å². The van der Waals surface area contributed by atoms with Gasteiger partial charge in [-0.25, -0.2) is 8.42 Å². The summed E-state index contributed by atoms with van der Waals surface area (Å²) in [5, 5.41) is 0.766. The average molecular weight is 481 g/mol. The molecule has 0 radical (unpaired) electrons. The van der Waals surface area contributed by atoms with E-state index in [1.54, 1.807) is 24.3 Å². The second kappa shape index (κ2) is 10.6. The Morgan fingerprint density at radius 2 is 1.45 bits per heavy atom. The van der Waals surface area contributed by atoms with Gasteiger partial charge in [0.1, 0.15) is 0 Å². The first-order chi connectivity index (χ1) is 14.3. The highest BCUT2D eigenvalue weighted by Gasteiger charge is 2.43. The van der Waals surface area contributed by atoms with E-state index >= 15 is 0 Å². The fourth-order valence-corrected chi connectivity index (χ4v) is 7.22. The lowest BCUT2D eigenvalue weighted by molar-refractivity contribution is 0.270. The summed E-state index contributed by atoms with van der Waals surface area (Å²) in [6.45, 7) is 14.6. The molecule has 0 saturated carbocycles. The smallest absolute Gasteiger partial charge is 0.192 e. The molecule has 0 amide bonds. The van der Waals surface area contributed by atoms with E-state index in [4.69, 9.17) is 16.0 Å². The zero-order valence-corrected chi connectivity index (χ0v) is 22.3. The van der Waals surface area contributed by atoms with Gasteiger partial charge in [0, 0.05) is 11.6 Å². The summed E-state index contributed by atoms with van der Waals surface area (Å²) in [6, 6.07) is 14.8. The summed E-state index contributed by atoms with van der Waals surface area (Å²) >= 11 is 5.84. The summed E-state index contributed by atoms with van der Waals surface area (Å²) < 4.78 is 31.3. The quantitative estimate of drug-likeness (QED) is 0.327. The summed E-state index contributed by atoms with van der Waals surface area (Å²) in [6.07, 6.45) is 2.24. The maximum absolute atomic E-state index is 12.4. The van der Waals surface area contributed by atoms with E-state index in [-0.39, 0.29) is 10.8 Å². The van der Waals surface area contributed by atoms with Crippen molar-refractivity contribution in [2.45, 2.75) is 70.0 Å². The van der Waals surface area contributed by atoms with E-state index in [1.165, 1.54) is 5.56 Å². The maximum Gasteiger partial charge on any atom is 0.192 e. The average Bonchev–Trinajstić information content (AvgIpc) is 2.69. The molecular formula is C25H37ClO3SSi. The molecule has 0 N–H and O–H groups in total. The van der Waals surface area contributed by atoms with E-state index in [0.717, 1.165) is 25.0 Å². The van der Waals surface area contributed by atoms with Crippen molar-refractivity contribution in [1.29, 1.82) is 0 Å². The Morgan fingerprint density at radius 1 is 0.935 bits per heavy atom. The van der Waals surface area contributed by atoms with Crippen LogP contribution in [0, 0.1) is 5.92 Å². The van der Waals surface area contributed by atoms with Gasteiger partial charge in [0.05, 0.1) is 10.6 Å². The van der Waals surface area contributed by atoms with E-state index in [9.17, 15) is 8.42 Å². The fourth-order valence-electron chi connectivity index (χ4n) is 3.40. The Labute approximate surface area is 195 Å². The highest BCUT2D eigenvalue weighted by molar-refractivity contribution is 7.91. The van der Waals surface area contributed by atoms with Crippen LogP contribution in [0.5, 0.6) is 0 Å². The third-order valence-corrected chi connectivity index (χ3v) is 13.6. The Morgan fingerprint density at radius 3 is 1.97 bits per heavy atom. The molecule has 0 saturated heterocycles. The molecule has 0 aliphatic carbocycles. The maximum atomic E-state index is 12.4. The number of hydrogen-bond acceptors (Lipinski definition) is 3. The molecular weight excluding hydrogens is 444 g/mol. The number of halogens is 1. The summed E-state index contributed by atoms with van der Waals surface area (Å²) in [5.74, 6) is 0.729. The summed E-state index contributed by atoms with van der Waals surface area (Å²) in [4.78, 5) is 0.333. The SMILES string of the molecule is CC(C)C(C)(C)[Si](C)(C)OCCc1ccc(CCCS(=O)(=O)c2ccc(Cl)cc2)cc1. The van der Waals surface area contributed by atoms with Gasteiger partial charge in [-0.3, -0.25) is 0 Å². The van der Waals surface area contributed by atoms with Gasteiger partial charge in [-0.2, -0.15) is 0 Å². The van der Waals surface area contributed by atoms with Crippen molar-refractivity contribution in [3.8, 4) is 0 Å². The van der Waals surface area contributed by atoms with Crippen LogP contribution in [-0.4, -0.2) is 29.1 Å². The van der Waals surface area contributed by atoms with Crippen LogP contribution in [0.25, 0.3) is 0 Å². The zero-order chi connectivity index (χ0) is 23.3. The third kappa shape index (κ3) is 7.18. The van der Waals surface area contributed by atoms with Crippen molar-refractivity contribution in [1.82, 2.24) is 0 Å². The minimum Gasteiger partial charge on any atom is -0.416 e. The standard InChI is InChI=1S/C25H37ClO3SSi/c1-20(2)25(3,4)31(5,6)29-18-17-22-11-9-21(10-12-22)8-7-19-30(27,28)24-15-13-23(26)14-16-24/h9-16,20H,7-8,17-19H2,1-6H3. The van der Waals surface area contributed by atoms with Gasteiger partial charge in [0.2, 0.25) is 0 Å². The van der Waals surface area contributed by atoms with Crippen LogP contribution in [0.1, 0.15) is 45.2 Å². The fraction of sp³-hybridized carbons (Fsp3) is 0.520. The lowest BCUT2D eigenvalue weighted by Crippen LogP contribution is -2.45. The number of hydrogen-bond donors (Lipinski definition) is 0. The molecule has 2 aromatic carbocycles. The predicted octanol–water partition coefficient (Wildman–Crippen LogP) is 6.95. The molecule has 6 heteroatoms. The van der Waals surface area contributed by atoms with E-state index in [2.05, 4.69) is 65.1 Å². The molecule has 2 aromatic rings. The minimum absolute atomic E-state index is 0.134. The van der Waals surface area contributed by atoms with Gasteiger partial charge in [0.25, 0.3) is 0 Å². The Kier molecular flexibility index (Phi) is 8.97. The molecule has 0 bridgehead atoms. The molecule has 172 valence electrons. The molecule has 0 fully saturated rings. The molecule has 0 heterocycles. The third-order valence-electron chi connectivity index (χ3n) is 6.92. The number of aryl methyl sites for hydroxylation is 1. The van der Waals surface area contributed by atoms with Gasteiger partial charge < -0.3 is 4.43 Å².